The molecule has 0 radical (unpaired) electrons. The van der Waals surface area contributed by atoms with Crippen LogP contribution in [0, 0.1) is 0 Å². The number of nitrogens with zero attached hydrogens (tertiary/aromatic N) is 1. The number of Topliss-reactive ketones (excluding diaryl/α,β-unsaturated/α-hetero) is 1. The van der Waals surface area contributed by atoms with Crippen molar-refractivity contribution in [1.82, 2.24) is 4.90 Å². The summed E-state index contributed by atoms with van der Waals surface area (Å²) in [5.74, 6) is -0.538. The molecule has 1 aliphatic rings. The molecule has 2 aromatic carbocycles. The second-order valence-electron chi connectivity index (χ2n) is 10.7. The Bertz CT molecular complexity index is 1340. The molecule has 0 aromatic heterocycles. The van der Waals surface area contributed by atoms with E-state index in [2.05, 4.69) is 4.74 Å². The standard InChI is InChI=1S/C28H35F3N2O6S/c1-27(2,3)33(15-14-19-9-4-5-13-24(19)39-28(29,30)31)26(35)38-16-7-6-12-23(34)21-17-20-10-8-11-22(20)25(18-21)40(32,36)37/h4-5,9,13,17-18H,6-8,10-12,14-16H2,1-3H3,(H2,32,36,37). The van der Waals surface area contributed by atoms with Gasteiger partial charge in [0.05, 0.1) is 11.5 Å². The smallest absolute Gasteiger partial charge is 0.449 e. The minimum atomic E-state index is -4.83. The topological polar surface area (TPSA) is 116 Å². The molecular formula is C28H35F3N2O6S. The average molecular weight is 585 g/mol. The number of amides is 1. The summed E-state index contributed by atoms with van der Waals surface area (Å²) in [5.41, 5.74) is 1.46. The van der Waals surface area contributed by atoms with Crippen molar-refractivity contribution >= 4 is 21.9 Å². The number of sulfonamides is 1. The van der Waals surface area contributed by atoms with Crippen LogP contribution in [0.5, 0.6) is 5.75 Å². The maximum Gasteiger partial charge on any atom is 0.573 e. The summed E-state index contributed by atoms with van der Waals surface area (Å²) in [6.07, 6.45) is -2.28. The Balaban J connectivity index is 1.53. The van der Waals surface area contributed by atoms with Crippen LogP contribution in [0.2, 0.25) is 0 Å². The Hall–Kier alpha value is -3.12. The number of hydrogen-bond donors (Lipinski definition) is 1. The van der Waals surface area contributed by atoms with Gasteiger partial charge in [-0.15, -0.1) is 13.2 Å². The SMILES string of the molecule is CC(C)(C)N(CCc1ccccc1OC(F)(F)F)C(=O)OCCCCC(=O)c1cc2c(c(S(N)(=O)=O)c1)CCC2. The molecule has 0 spiro atoms. The number of aryl methyl sites for hydroxylation is 1. The van der Waals surface area contributed by atoms with E-state index in [1.54, 1.807) is 32.9 Å². The van der Waals surface area contributed by atoms with Crippen LogP contribution in [0.25, 0.3) is 0 Å². The highest BCUT2D eigenvalue weighted by Gasteiger charge is 2.33. The number of unbranched alkanes of at least 4 members (excludes halogenated alkanes) is 1. The Labute approximate surface area is 232 Å². The fourth-order valence-corrected chi connectivity index (χ4v) is 5.58. The van der Waals surface area contributed by atoms with E-state index in [-0.39, 0.29) is 42.4 Å². The molecule has 0 heterocycles. The number of carbonyl (C=O) groups is 2. The van der Waals surface area contributed by atoms with E-state index in [1.807, 2.05) is 0 Å². The monoisotopic (exact) mass is 584 g/mol. The van der Waals surface area contributed by atoms with Crippen LogP contribution in [-0.2, 0) is 34.0 Å². The van der Waals surface area contributed by atoms with E-state index in [0.717, 1.165) is 12.0 Å². The van der Waals surface area contributed by atoms with Crippen molar-refractivity contribution in [3.05, 3.63) is 58.7 Å². The molecule has 0 unspecified atom stereocenters. The fourth-order valence-electron chi connectivity index (χ4n) is 4.72. The number of benzene rings is 2. The zero-order valence-corrected chi connectivity index (χ0v) is 23.7. The van der Waals surface area contributed by atoms with Gasteiger partial charge in [0, 0.05) is 24.1 Å². The summed E-state index contributed by atoms with van der Waals surface area (Å²) in [6.45, 7) is 5.51. The maximum absolute atomic E-state index is 12.8. The van der Waals surface area contributed by atoms with Crippen LogP contribution < -0.4 is 9.88 Å². The van der Waals surface area contributed by atoms with Crippen molar-refractivity contribution in [2.24, 2.45) is 5.14 Å². The molecular weight excluding hydrogens is 549 g/mol. The second-order valence-corrected chi connectivity index (χ2v) is 12.3. The zero-order valence-electron chi connectivity index (χ0n) is 22.8. The number of hydrogen-bond acceptors (Lipinski definition) is 6. The van der Waals surface area contributed by atoms with Crippen LogP contribution in [0.4, 0.5) is 18.0 Å². The molecule has 1 amide bonds. The third-order valence-corrected chi connectivity index (χ3v) is 7.64. The van der Waals surface area contributed by atoms with Crippen molar-refractivity contribution in [2.45, 2.75) is 82.5 Å². The number of halogens is 3. The number of rotatable bonds is 11. The lowest BCUT2D eigenvalue weighted by molar-refractivity contribution is -0.274. The van der Waals surface area contributed by atoms with Crippen LogP contribution in [0.15, 0.2) is 41.3 Å². The first-order chi connectivity index (χ1) is 18.6. The third kappa shape index (κ3) is 8.69. The molecule has 220 valence electrons. The van der Waals surface area contributed by atoms with E-state index in [9.17, 15) is 31.2 Å². The molecule has 0 aliphatic heterocycles. The molecule has 0 atom stereocenters. The predicted molar refractivity (Wildman–Crippen MR) is 143 cm³/mol. The first kappa shape index (κ1) is 31.4. The van der Waals surface area contributed by atoms with Crippen molar-refractivity contribution in [3.63, 3.8) is 0 Å². The minimum absolute atomic E-state index is 0.00893. The number of alkyl halides is 3. The number of primary sulfonamides is 1. The van der Waals surface area contributed by atoms with Crippen LogP contribution in [0.1, 0.15) is 73.5 Å². The van der Waals surface area contributed by atoms with Crippen LogP contribution >= 0.6 is 0 Å². The summed E-state index contributed by atoms with van der Waals surface area (Å²) in [6, 6.07) is 8.85. The predicted octanol–water partition coefficient (Wildman–Crippen LogP) is 5.55. The molecule has 12 heteroatoms. The lowest BCUT2D eigenvalue weighted by Crippen LogP contribution is -2.47. The lowest BCUT2D eigenvalue weighted by atomic mass is 10.0. The average Bonchev–Trinajstić information content (AvgIpc) is 3.30. The quantitative estimate of drug-likeness (QED) is 0.273. The number of nitrogens with two attached hydrogens (primary N) is 1. The zero-order chi connectivity index (χ0) is 29.7. The van der Waals surface area contributed by atoms with Crippen LogP contribution in [0.3, 0.4) is 0 Å². The van der Waals surface area contributed by atoms with E-state index >= 15 is 0 Å². The van der Waals surface area contributed by atoms with Crippen molar-refractivity contribution in [1.29, 1.82) is 0 Å². The van der Waals surface area contributed by atoms with E-state index in [4.69, 9.17) is 9.88 Å². The summed E-state index contributed by atoms with van der Waals surface area (Å²) >= 11 is 0. The van der Waals surface area contributed by atoms with E-state index in [0.29, 0.717) is 42.4 Å². The molecule has 0 saturated heterocycles. The van der Waals surface area contributed by atoms with Gasteiger partial charge in [0.1, 0.15) is 5.75 Å². The molecule has 2 N–H and O–H groups in total. The molecule has 3 rings (SSSR count). The minimum Gasteiger partial charge on any atom is -0.449 e. The van der Waals surface area contributed by atoms with E-state index < -0.39 is 28.0 Å². The van der Waals surface area contributed by atoms with Crippen molar-refractivity contribution in [2.75, 3.05) is 13.2 Å². The Morgan fingerprint density at radius 2 is 1.75 bits per heavy atom. The van der Waals surface area contributed by atoms with Gasteiger partial charge in [-0.05, 0) is 94.2 Å². The molecule has 2 aromatic rings. The number of ether oxygens (including phenoxy) is 2. The van der Waals surface area contributed by atoms with Gasteiger partial charge in [0.2, 0.25) is 10.0 Å². The lowest BCUT2D eigenvalue weighted by Gasteiger charge is -2.35. The number of para-hydroxylation sites is 1. The molecule has 40 heavy (non-hydrogen) atoms. The Morgan fingerprint density at radius 3 is 2.40 bits per heavy atom. The number of carbonyl (C=O) groups excluding carboxylic acids is 2. The molecule has 8 nitrogen and oxygen atoms in total. The van der Waals surface area contributed by atoms with Crippen molar-refractivity contribution < 1.29 is 40.7 Å². The Kier molecular flexibility index (Phi) is 9.89. The van der Waals surface area contributed by atoms with Gasteiger partial charge < -0.3 is 14.4 Å². The molecule has 1 aliphatic carbocycles. The first-order valence-corrected chi connectivity index (χ1v) is 14.6. The number of ketones is 1. The molecule has 0 bridgehead atoms. The van der Waals surface area contributed by atoms with Gasteiger partial charge >= 0.3 is 12.5 Å². The normalized spacial score (nSPS) is 13.6. The maximum atomic E-state index is 12.8. The first-order valence-electron chi connectivity index (χ1n) is 13.1. The van der Waals surface area contributed by atoms with Gasteiger partial charge in [0.25, 0.3) is 0 Å². The molecule has 0 fully saturated rings. The summed E-state index contributed by atoms with van der Waals surface area (Å²) in [5, 5.41) is 5.37. The van der Waals surface area contributed by atoms with Gasteiger partial charge in [0.15, 0.2) is 5.78 Å². The summed E-state index contributed by atoms with van der Waals surface area (Å²) in [7, 11) is -3.95. The third-order valence-electron chi connectivity index (χ3n) is 6.66. The highest BCUT2D eigenvalue weighted by molar-refractivity contribution is 7.89. The van der Waals surface area contributed by atoms with Crippen molar-refractivity contribution in [3.8, 4) is 5.75 Å². The van der Waals surface area contributed by atoms with Gasteiger partial charge in [-0.2, -0.15) is 0 Å². The highest BCUT2D eigenvalue weighted by atomic mass is 32.2. The van der Waals surface area contributed by atoms with E-state index in [1.165, 1.54) is 29.2 Å². The van der Waals surface area contributed by atoms with Crippen LogP contribution in [-0.4, -0.2) is 50.2 Å². The van der Waals surface area contributed by atoms with Gasteiger partial charge in [-0.25, -0.2) is 18.4 Å². The number of fused-ring (bicyclic) bond motifs is 1. The summed E-state index contributed by atoms with van der Waals surface area (Å²) < 4.78 is 71.8. The van der Waals surface area contributed by atoms with Gasteiger partial charge in [-0.1, -0.05) is 18.2 Å². The highest BCUT2D eigenvalue weighted by Crippen LogP contribution is 2.30. The largest absolute Gasteiger partial charge is 0.573 e. The van der Waals surface area contributed by atoms with Gasteiger partial charge in [-0.3, -0.25) is 4.79 Å². The Morgan fingerprint density at radius 1 is 1.05 bits per heavy atom. The summed E-state index contributed by atoms with van der Waals surface area (Å²) in [4.78, 5) is 27.0. The fraction of sp³-hybridized carbons (Fsp3) is 0.500. The second kappa shape index (κ2) is 12.6. The molecule has 0 saturated carbocycles.